The summed E-state index contributed by atoms with van der Waals surface area (Å²) in [6.45, 7) is 7.69. The van der Waals surface area contributed by atoms with E-state index in [0.29, 0.717) is 11.4 Å². The van der Waals surface area contributed by atoms with Crippen molar-refractivity contribution in [3.63, 3.8) is 0 Å². The van der Waals surface area contributed by atoms with E-state index in [0.717, 1.165) is 94.7 Å². The number of hydrogen-bond acceptors (Lipinski definition) is 3. The van der Waals surface area contributed by atoms with Crippen LogP contribution in [0.25, 0.3) is 95.0 Å². The number of fused-ring (bicyclic) bond motifs is 1. The van der Waals surface area contributed by atoms with E-state index in [1.807, 2.05) is 113 Å². The molecule has 0 spiro atoms. The first-order chi connectivity index (χ1) is 31.9. The van der Waals surface area contributed by atoms with E-state index in [9.17, 15) is 6.48 Å². The molecule has 0 saturated carbocycles. The third-order valence-corrected chi connectivity index (χ3v) is 12.1. The number of imidazole rings is 1. The molecule has 0 atom stereocenters. The fourth-order valence-electron chi connectivity index (χ4n) is 8.80. The lowest BCUT2D eigenvalue weighted by Gasteiger charge is -2.22. The van der Waals surface area contributed by atoms with E-state index < -0.39 is 11.8 Å². The van der Waals surface area contributed by atoms with Crippen LogP contribution < -0.4 is 0 Å². The molecule has 4 heteroatoms. The van der Waals surface area contributed by atoms with Gasteiger partial charge in [0.05, 0.1) is 28.0 Å². The standard InChI is InChI=1S/C60H49N3O/c1-39(2)41-27-29-43(30-28-41)46-31-32-61-55(36-46)49-34-47(42-17-8-5-9-18-42)33-48(35-49)50-24-16-25-56-59(50)62-60(51-23-14-15-26-58(51)64)63(56)57-38-53(44-19-10-6-11-20-44)52(40(3)4)37-54(57)45-21-12-7-13-22-45/h5-40,64H,1-4H3/i39D,40D. The number of pyridine rings is 1. The minimum absolute atomic E-state index is 0.126. The molecule has 310 valence electrons. The monoisotopic (exact) mass is 829 g/mol. The van der Waals surface area contributed by atoms with E-state index in [4.69, 9.17) is 11.3 Å². The lowest BCUT2D eigenvalue weighted by Crippen LogP contribution is -2.04. The Labute approximate surface area is 378 Å². The van der Waals surface area contributed by atoms with Crippen molar-refractivity contribution in [2.45, 2.75) is 39.5 Å². The highest BCUT2D eigenvalue weighted by Gasteiger charge is 2.24. The van der Waals surface area contributed by atoms with Gasteiger partial charge in [0.2, 0.25) is 0 Å². The molecule has 0 bridgehead atoms. The number of benzene rings is 8. The van der Waals surface area contributed by atoms with E-state index in [-0.39, 0.29) is 5.75 Å². The number of aromatic nitrogens is 3. The van der Waals surface area contributed by atoms with Crippen molar-refractivity contribution < 1.29 is 7.85 Å². The molecule has 10 rings (SSSR count). The second-order valence-corrected chi connectivity index (χ2v) is 16.8. The number of hydrogen-bond donors (Lipinski definition) is 1. The van der Waals surface area contributed by atoms with Crippen LogP contribution in [0.4, 0.5) is 0 Å². The largest absolute Gasteiger partial charge is 0.507 e. The maximum Gasteiger partial charge on any atom is 0.149 e. The van der Waals surface area contributed by atoms with Crippen LogP contribution in [0, 0.1) is 0 Å². The second kappa shape index (κ2) is 17.2. The molecule has 0 amide bonds. The highest BCUT2D eigenvalue weighted by Crippen LogP contribution is 2.44. The first-order valence-corrected chi connectivity index (χ1v) is 21.8. The highest BCUT2D eigenvalue weighted by molar-refractivity contribution is 5.99. The predicted molar refractivity (Wildman–Crippen MR) is 267 cm³/mol. The molecule has 0 saturated heterocycles. The zero-order valence-corrected chi connectivity index (χ0v) is 36.4. The van der Waals surface area contributed by atoms with Crippen LogP contribution in [0.5, 0.6) is 5.75 Å². The zero-order chi connectivity index (χ0) is 45.6. The number of phenolic OH excluding ortho intramolecular Hbond substituents is 1. The van der Waals surface area contributed by atoms with Crippen LogP contribution in [-0.4, -0.2) is 19.6 Å². The van der Waals surface area contributed by atoms with Gasteiger partial charge in [-0.1, -0.05) is 167 Å². The first-order valence-electron chi connectivity index (χ1n) is 22.8. The number of para-hydroxylation sites is 2. The smallest absolute Gasteiger partial charge is 0.149 e. The predicted octanol–water partition coefficient (Wildman–Crippen LogP) is 16.0. The molecule has 2 aromatic heterocycles. The molecular formula is C60H49N3O. The van der Waals surface area contributed by atoms with Crippen molar-refractivity contribution in [2.75, 3.05) is 0 Å². The normalized spacial score (nSPS) is 12.2. The van der Waals surface area contributed by atoms with Gasteiger partial charge in [-0.25, -0.2) is 4.98 Å². The van der Waals surface area contributed by atoms with Gasteiger partial charge in [0.15, 0.2) is 0 Å². The summed E-state index contributed by atoms with van der Waals surface area (Å²) in [7, 11) is 0. The summed E-state index contributed by atoms with van der Waals surface area (Å²) in [5.74, 6) is -0.881. The Kier molecular flexibility index (Phi) is 10.2. The Hall–Kier alpha value is -7.82. The molecule has 10 aromatic rings. The first kappa shape index (κ1) is 37.9. The third kappa shape index (κ3) is 7.69. The van der Waals surface area contributed by atoms with E-state index in [1.165, 1.54) is 0 Å². The zero-order valence-electron chi connectivity index (χ0n) is 38.4. The minimum Gasteiger partial charge on any atom is -0.507 e. The molecule has 1 N–H and O–H groups in total. The van der Waals surface area contributed by atoms with Gasteiger partial charge in [0.1, 0.15) is 11.6 Å². The fourth-order valence-corrected chi connectivity index (χ4v) is 8.80. The average Bonchev–Trinajstić information content (AvgIpc) is 3.73. The molecule has 64 heavy (non-hydrogen) atoms. The van der Waals surface area contributed by atoms with E-state index >= 15 is 0 Å². The van der Waals surface area contributed by atoms with Crippen LogP contribution in [0.1, 0.15) is 53.4 Å². The maximum absolute atomic E-state index is 11.6. The van der Waals surface area contributed by atoms with E-state index in [1.54, 1.807) is 6.07 Å². The Morgan fingerprint density at radius 1 is 0.453 bits per heavy atom. The summed E-state index contributed by atoms with van der Waals surface area (Å²) in [5.41, 5.74) is 16.8. The van der Waals surface area contributed by atoms with Gasteiger partial charge in [-0.2, -0.15) is 0 Å². The summed E-state index contributed by atoms with van der Waals surface area (Å²) in [6, 6.07) is 68.2. The number of nitrogens with zero attached hydrogens (tertiary/aromatic N) is 3. The number of aromatic hydroxyl groups is 1. The van der Waals surface area contributed by atoms with Gasteiger partial charge in [0, 0.05) is 25.6 Å². The van der Waals surface area contributed by atoms with Crippen molar-refractivity contribution in [2.24, 2.45) is 0 Å². The fraction of sp³-hybridized carbons (Fsp3) is 0.100. The summed E-state index contributed by atoms with van der Waals surface area (Å²) >= 11 is 0. The van der Waals surface area contributed by atoms with Gasteiger partial charge in [-0.3, -0.25) is 9.55 Å². The highest BCUT2D eigenvalue weighted by atomic mass is 16.3. The number of phenols is 1. The van der Waals surface area contributed by atoms with Gasteiger partial charge in [-0.15, -0.1) is 0 Å². The SMILES string of the molecule is [2H]C(C)(C)c1ccc(-c2ccnc(-c3cc(-c4ccccc4)cc(-c4cccc5c4nc(-c4ccccc4O)n5-c4cc(-c5ccccc5)c(C([2H])(C)C)cc4-c4ccccc4)c3)c2)cc1. The Bertz CT molecular complexity index is 3370. The van der Waals surface area contributed by atoms with Crippen molar-refractivity contribution in [1.82, 2.24) is 14.5 Å². The minimum atomic E-state index is -0.919. The Morgan fingerprint density at radius 3 is 1.72 bits per heavy atom. The summed E-state index contributed by atoms with van der Waals surface area (Å²) in [4.78, 5) is 10.5. The van der Waals surface area contributed by atoms with Gasteiger partial charge in [0.25, 0.3) is 0 Å². The lowest BCUT2D eigenvalue weighted by atomic mass is 9.88. The van der Waals surface area contributed by atoms with Gasteiger partial charge >= 0.3 is 0 Å². The van der Waals surface area contributed by atoms with Crippen molar-refractivity contribution in [3.05, 3.63) is 218 Å². The van der Waals surface area contributed by atoms with Crippen LogP contribution in [-0.2, 0) is 0 Å². The summed E-state index contributed by atoms with van der Waals surface area (Å²) in [5, 5.41) is 11.6. The van der Waals surface area contributed by atoms with Crippen molar-refractivity contribution >= 4 is 11.0 Å². The van der Waals surface area contributed by atoms with Crippen LogP contribution in [0.2, 0.25) is 0 Å². The molecule has 0 aliphatic heterocycles. The molecule has 0 unspecified atom stereocenters. The number of rotatable bonds is 10. The molecule has 0 aliphatic rings. The molecule has 8 aromatic carbocycles. The second-order valence-electron chi connectivity index (χ2n) is 16.8. The lowest BCUT2D eigenvalue weighted by molar-refractivity contribution is 0.477. The molecule has 0 fully saturated rings. The molecule has 4 nitrogen and oxygen atoms in total. The average molecular weight is 830 g/mol. The summed E-state index contributed by atoms with van der Waals surface area (Å²) in [6.07, 6.45) is 1.87. The van der Waals surface area contributed by atoms with E-state index in [2.05, 4.69) is 120 Å². The van der Waals surface area contributed by atoms with Crippen molar-refractivity contribution in [3.8, 4) is 89.7 Å². The van der Waals surface area contributed by atoms with Crippen LogP contribution in [0.3, 0.4) is 0 Å². The molecular weight excluding hydrogens is 779 g/mol. The van der Waals surface area contributed by atoms with Crippen LogP contribution >= 0.6 is 0 Å². The Balaban J connectivity index is 1.23. The van der Waals surface area contributed by atoms with Gasteiger partial charge < -0.3 is 5.11 Å². The molecule has 0 radical (unpaired) electrons. The molecule has 2 heterocycles. The molecule has 0 aliphatic carbocycles. The third-order valence-electron chi connectivity index (χ3n) is 12.1. The van der Waals surface area contributed by atoms with Crippen LogP contribution in [0.15, 0.2) is 206 Å². The quantitative estimate of drug-likeness (QED) is 0.149. The topological polar surface area (TPSA) is 50.9 Å². The maximum atomic E-state index is 11.6. The van der Waals surface area contributed by atoms with Gasteiger partial charge in [-0.05, 0) is 128 Å². The summed E-state index contributed by atoms with van der Waals surface area (Å²) < 4.78 is 20.1. The Morgan fingerprint density at radius 2 is 1.05 bits per heavy atom. The van der Waals surface area contributed by atoms with Crippen molar-refractivity contribution in [1.29, 1.82) is 0 Å².